The van der Waals surface area contributed by atoms with Gasteiger partial charge in [0.25, 0.3) is 0 Å². The topological polar surface area (TPSA) is 83.9 Å². The van der Waals surface area contributed by atoms with E-state index in [0.717, 1.165) is 5.56 Å². The number of amides is 1. The SMILES string of the molecule is COC(=O)C12CC(=O)c3ccccc3C1(O)N(CCc1ccccc1)C(=O)C2. The number of aliphatic hydroxyl groups is 1. The smallest absolute Gasteiger partial charge is 0.318 e. The quantitative estimate of drug-likeness (QED) is 0.822. The minimum Gasteiger partial charge on any atom is -0.468 e. The second-order valence-electron chi connectivity index (χ2n) is 7.35. The van der Waals surface area contributed by atoms with Gasteiger partial charge in [-0.15, -0.1) is 0 Å². The number of carbonyl (C=O) groups excluding carboxylic acids is 3. The first-order valence-corrected chi connectivity index (χ1v) is 9.22. The third-order valence-electron chi connectivity index (χ3n) is 5.92. The van der Waals surface area contributed by atoms with Gasteiger partial charge in [0.2, 0.25) is 5.91 Å². The Morgan fingerprint density at radius 1 is 1.07 bits per heavy atom. The van der Waals surface area contributed by atoms with Crippen LogP contribution in [-0.2, 0) is 26.5 Å². The van der Waals surface area contributed by atoms with E-state index in [1.807, 2.05) is 30.3 Å². The lowest BCUT2D eigenvalue weighted by Crippen LogP contribution is -2.59. The number of fused-ring (bicyclic) bond motifs is 3. The zero-order valence-electron chi connectivity index (χ0n) is 15.6. The van der Waals surface area contributed by atoms with E-state index >= 15 is 0 Å². The Bertz CT molecular complexity index is 956. The molecule has 6 nitrogen and oxygen atoms in total. The van der Waals surface area contributed by atoms with Crippen LogP contribution in [0.15, 0.2) is 54.6 Å². The van der Waals surface area contributed by atoms with Gasteiger partial charge in [0, 0.05) is 30.5 Å². The first kappa shape index (κ1) is 18.4. The molecule has 1 aliphatic heterocycles. The molecule has 0 radical (unpaired) electrons. The molecule has 2 unspecified atom stereocenters. The molecular formula is C22H21NO5. The maximum atomic E-state index is 13.0. The molecule has 144 valence electrons. The molecule has 1 amide bonds. The predicted octanol–water partition coefficient (Wildman–Crippen LogP) is 2.05. The van der Waals surface area contributed by atoms with Crippen molar-refractivity contribution in [1.82, 2.24) is 4.90 Å². The summed E-state index contributed by atoms with van der Waals surface area (Å²) in [6, 6.07) is 16.2. The summed E-state index contributed by atoms with van der Waals surface area (Å²) >= 11 is 0. The molecule has 0 saturated carbocycles. The number of carbonyl (C=O) groups is 3. The summed E-state index contributed by atoms with van der Waals surface area (Å²) in [5, 5.41) is 11.9. The second-order valence-corrected chi connectivity index (χ2v) is 7.35. The highest BCUT2D eigenvalue weighted by Gasteiger charge is 2.70. The molecule has 2 atom stereocenters. The van der Waals surface area contributed by atoms with Crippen molar-refractivity contribution in [3.63, 3.8) is 0 Å². The van der Waals surface area contributed by atoms with E-state index in [-0.39, 0.29) is 36.6 Å². The second kappa shape index (κ2) is 6.56. The fraction of sp³-hybridized carbons (Fsp3) is 0.318. The molecule has 1 fully saturated rings. The summed E-state index contributed by atoms with van der Waals surface area (Å²) < 4.78 is 4.95. The summed E-state index contributed by atoms with van der Waals surface area (Å²) in [6.45, 7) is 0.223. The van der Waals surface area contributed by atoms with Crippen molar-refractivity contribution in [1.29, 1.82) is 0 Å². The van der Waals surface area contributed by atoms with Gasteiger partial charge in [-0.25, -0.2) is 0 Å². The summed E-state index contributed by atoms with van der Waals surface area (Å²) in [4.78, 5) is 39.8. The number of esters is 1. The van der Waals surface area contributed by atoms with Gasteiger partial charge in [0.15, 0.2) is 11.5 Å². The summed E-state index contributed by atoms with van der Waals surface area (Å²) in [5.41, 5.74) is -1.92. The molecule has 2 aromatic rings. The minimum atomic E-state index is -1.92. The molecule has 1 aliphatic carbocycles. The average Bonchev–Trinajstić information content (AvgIpc) is 2.94. The van der Waals surface area contributed by atoms with Crippen LogP contribution in [-0.4, -0.2) is 41.3 Å². The zero-order valence-corrected chi connectivity index (χ0v) is 15.6. The van der Waals surface area contributed by atoms with Crippen molar-refractivity contribution in [2.24, 2.45) is 5.41 Å². The Labute approximate surface area is 162 Å². The lowest BCUT2D eigenvalue weighted by atomic mass is 9.64. The van der Waals surface area contributed by atoms with Crippen LogP contribution in [0.4, 0.5) is 0 Å². The van der Waals surface area contributed by atoms with E-state index in [2.05, 4.69) is 0 Å². The Balaban J connectivity index is 1.82. The number of methoxy groups -OCH3 is 1. The first-order valence-electron chi connectivity index (χ1n) is 9.22. The molecule has 28 heavy (non-hydrogen) atoms. The molecule has 0 bridgehead atoms. The van der Waals surface area contributed by atoms with Crippen molar-refractivity contribution < 1.29 is 24.2 Å². The van der Waals surface area contributed by atoms with E-state index in [1.165, 1.54) is 12.0 Å². The van der Waals surface area contributed by atoms with Crippen molar-refractivity contribution in [2.75, 3.05) is 13.7 Å². The van der Waals surface area contributed by atoms with E-state index in [0.29, 0.717) is 12.0 Å². The minimum absolute atomic E-state index is 0.223. The van der Waals surface area contributed by atoms with Crippen molar-refractivity contribution in [3.05, 3.63) is 71.3 Å². The molecule has 1 heterocycles. The van der Waals surface area contributed by atoms with Crippen molar-refractivity contribution in [3.8, 4) is 0 Å². The number of Topliss-reactive ketones (excluding diaryl/α,β-unsaturated/α-hetero) is 1. The van der Waals surface area contributed by atoms with Gasteiger partial charge in [-0.2, -0.15) is 0 Å². The Morgan fingerprint density at radius 2 is 1.75 bits per heavy atom. The number of likely N-dealkylation sites (tertiary alicyclic amines) is 1. The zero-order chi connectivity index (χ0) is 19.9. The normalized spacial score (nSPS) is 26.0. The molecule has 0 aromatic heterocycles. The van der Waals surface area contributed by atoms with Crippen LogP contribution < -0.4 is 0 Å². The standard InChI is InChI=1S/C22H21NO5/c1-28-20(26)21-13-18(24)16-9-5-6-10-17(16)22(21,27)23(19(25)14-21)12-11-15-7-3-2-4-8-15/h2-10,27H,11-14H2,1H3. The molecule has 1 saturated heterocycles. The molecule has 4 rings (SSSR count). The molecule has 2 aliphatic rings. The van der Waals surface area contributed by atoms with Crippen LogP contribution in [0.5, 0.6) is 0 Å². The number of ether oxygens (including phenoxy) is 1. The number of hydrogen-bond donors (Lipinski definition) is 1. The van der Waals surface area contributed by atoms with Crippen molar-refractivity contribution in [2.45, 2.75) is 25.0 Å². The van der Waals surface area contributed by atoms with E-state index < -0.39 is 17.1 Å². The van der Waals surface area contributed by atoms with Gasteiger partial charge in [-0.05, 0) is 12.0 Å². The van der Waals surface area contributed by atoms with Crippen LogP contribution in [0.3, 0.4) is 0 Å². The summed E-state index contributed by atoms with van der Waals surface area (Å²) in [5.74, 6) is -1.38. The number of nitrogens with zero attached hydrogens (tertiary/aromatic N) is 1. The van der Waals surface area contributed by atoms with Crippen molar-refractivity contribution >= 4 is 17.7 Å². The fourth-order valence-electron chi connectivity index (χ4n) is 4.56. The van der Waals surface area contributed by atoms with E-state index in [9.17, 15) is 19.5 Å². The molecule has 0 spiro atoms. The van der Waals surface area contributed by atoms with Crippen LogP contribution in [0.2, 0.25) is 0 Å². The third kappa shape index (κ3) is 2.41. The lowest BCUT2D eigenvalue weighted by Gasteiger charge is -2.46. The predicted molar refractivity (Wildman–Crippen MR) is 100 cm³/mol. The van der Waals surface area contributed by atoms with Gasteiger partial charge >= 0.3 is 5.97 Å². The van der Waals surface area contributed by atoms with Crippen LogP contribution in [0.1, 0.15) is 34.3 Å². The third-order valence-corrected chi connectivity index (χ3v) is 5.92. The Morgan fingerprint density at radius 3 is 2.46 bits per heavy atom. The number of rotatable bonds is 4. The van der Waals surface area contributed by atoms with Gasteiger partial charge in [-0.3, -0.25) is 14.4 Å². The van der Waals surface area contributed by atoms with Gasteiger partial charge < -0.3 is 14.7 Å². The highest BCUT2D eigenvalue weighted by atomic mass is 16.5. The Hall–Kier alpha value is -2.99. The molecule has 1 N–H and O–H groups in total. The number of ketones is 1. The fourth-order valence-corrected chi connectivity index (χ4v) is 4.56. The summed E-state index contributed by atoms with van der Waals surface area (Å²) in [6.07, 6.45) is -0.00590. The monoisotopic (exact) mass is 379 g/mol. The number of hydrogen-bond acceptors (Lipinski definition) is 5. The van der Waals surface area contributed by atoms with E-state index in [4.69, 9.17) is 4.74 Å². The van der Waals surface area contributed by atoms with Gasteiger partial charge in [0.05, 0.1) is 7.11 Å². The highest BCUT2D eigenvalue weighted by molar-refractivity contribution is 6.06. The largest absolute Gasteiger partial charge is 0.468 e. The highest BCUT2D eigenvalue weighted by Crippen LogP contribution is 2.57. The maximum absolute atomic E-state index is 13.0. The Kier molecular flexibility index (Phi) is 4.31. The maximum Gasteiger partial charge on any atom is 0.318 e. The van der Waals surface area contributed by atoms with Crippen LogP contribution in [0.25, 0.3) is 0 Å². The van der Waals surface area contributed by atoms with Crippen LogP contribution >= 0.6 is 0 Å². The average molecular weight is 379 g/mol. The van der Waals surface area contributed by atoms with Gasteiger partial charge in [0.1, 0.15) is 5.41 Å². The molecular weight excluding hydrogens is 358 g/mol. The van der Waals surface area contributed by atoms with E-state index in [1.54, 1.807) is 24.3 Å². The lowest BCUT2D eigenvalue weighted by molar-refractivity contribution is -0.196. The summed E-state index contributed by atoms with van der Waals surface area (Å²) in [7, 11) is 1.21. The number of benzene rings is 2. The first-order chi connectivity index (χ1) is 13.4. The molecule has 6 heteroatoms. The molecule has 2 aromatic carbocycles. The van der Waals surface area contributed by atoms with Gasteiger partial charge in [-0.1, -0.05) is 54.6 Å². The van der Waals surface area contributed by atoms with Crippen LogP contribution in [0, 0.1) is 5.41 Å².